The van der Waals surface area contributed by atoms with Crippen molar-refractivity contribution in [3.05, 3.63) is 35.4 Å². The third-order valence-electron chi connectivity index (χ3n) is 3.49. The molecule has 17 heavy (non-hydrogen) atoms. The molecule has 0 spiro atoms. The van der Waals surface area contributed by atoms with Crippen LogP contribution in [0.2, 0.25) is 0 Å². The van der Waals surface area contributed by atoms with Crippen molar-refractivity contribution in [1.29, 1.82) is 0 Å². The van der Waals surface area contributed by atoms with E-state index in [4.69, 9.17) is 0 Å². The van der Waals surface area contributed by atoms with Gasteiger partial charge in [-0.1, -0.05) is 43.2 Å². The van der Waals surface area contributed by atoms with E-state index in [0.717, 1.165) is 18.0 Å². The molecule has 1 aromatic carbocycles. The average Bonchev–Trinajstić information content (AvgIpc) is 2.41. The molecular weight excluding hydrogens is 206 g/mol. The quantitative estimate of drug-likeness (QED) is 0.764. The van der Waals surface area contributed by atoms with E-state index in [2.05, 4.69) is 41.4 Å². The monoisotopic (exact) mass is 227 g/mol. The fourth-order valence-electron chi connectivity index (χ4n) is 2.51. The molecule has 1 N–H and O–H groups in total. The molecule has 1 aliphatic carbocycles. The summed E-state index contributed by atoms with van der Waals surface area (Å²) in [5.41, 5.74) is 2.63. The SMILES string of the molecule is CNCC#Cc1ccc(C2CCCCC2)cc1. The highest BCUT2D eigenvalue weighted by molar-refractivity contribution is 5.37. The Hall–Kier alpha value is -1.26. The first kappa shape index (κ1) is 12.2. The summed E-state index contributed by atoms with van der Waals surface area (Å²) in [7, 11) is 1.92. The van der Waals surface area contributed by atoms with Crippen LogP contribution in [0.25, 0.3) is 0 Å². The topological polar surface area (TPSA) is 12.0 Å². The van der Waals surface area contributed by atoms with Gasteiger partial charge >= 0.3 is 0 Å². The van der Waals surface area contributed by atoms with E-state index in [1.165, 1.54) is 37.7 Å². The lowest BCUT2D eigenvalue weighted by Crippen LogP contribution is -2.04. The Morgan fingerprint density at radius 2 is 1.82 bits per heavy atom. The van der Waals surface area contributed by atoms with Gasteiger partial charge in [0.25, 0.3) is 0 Å². The average molecular weight is 227 g/mol. The molecule has 90 valence electrons. The zero-order chi connectivity index (χ0) is 11.9. The van der Waals surface area contributed by atoms with E-state index in [1.807, 2.05) is 7.05 Å². The van der Waals surface area contributed by atoms with Gasteiger partial charge in [-0.25, -0.2) is 0 Å². The van der Waals surface area contributed by atoms with E-state index in [9.17, 15) is 0 Å². The van der Waals surface area contributed by atoms with Crippen LogP contribution in [0.1, 0.15) is 49.1 Å². The summed E-state index contributed by atoms with van der Waals surface area (Å²) in [4.78, 5) is 0. The van der Waals surface area contributed by atoms with Crippen LogP contribution in [-0.4, -0.2) is 13.6 Å². The minimum atomic E-state index is 0.754. The molecule has 0 amide bonds. The molecule has 0 atom stereocenters. The van der Waals surface area contributed by atoms with Crippen molar-refractivity contribution < 1.29 is 0 Å². The van der Waals surface area contributed by atoms with Crippen molar-refractivity contribution in [2.24, 2.45) is 0 Å². The maximum atomic E-state index is 3.16. The van der Waals surface area contributed by atoms with Gasteiger partial charge in [-0.3, -0.25) is 0 Å². The fourth-order valence-corrected chi connectivity index (χ4v) is 2.51. The van der Waals surface area contributed by atoms with E-state index in [-0.39, 0.29) is 0 Å². The number of rotatable bonds is 2. The minimum absolute atomic E-state index is 0.754. The standard InChI is InChI=1S/C16H21N/c1-17-13-5-6-14-9-11-16(12-10-14)15-7-3-2-4-8-15/h9-12,15,17H,2-4,7-8,13H2,1H3. The molecular formula is C16H21N. The zero-order valence-corrected chi connectivity index (χ0v) is 10.6. The maximum Gasteiger partial charge on any atom is 0.0577 e. The third kappa shape index (κ3) is 3.61. The van der Waals surface area contributed by atoms with Crippen LogP contribution >= 0.6 is 0 Å². The van der Waals surface area contributed by atoms with Crippen molar-refractivity contribution in [2.45, 2.75) is 38.0 Å². The van der Waals surface area contributed by atoms with Gasteiger partial charge in [0.1, 0.15) is 0 Å². The Morgan fingerprint density at radius 3 is 2.47 bits per heavy atom. The Kier molecular flexibility index (Phi) is 4.64. The van der Waals surface area contributed by atoms with Gasteiger partial charge in [0.2, 0.25) is 0 Å². The van der Waals surface area contributed by atoms with Gasteiger partial charge < -0.3 is 5.32 Å². The van der Waals surface area contributed by atoms with Crippen LogP contribution in [0.15, 0.2) is 24.3 Å². The molecule has 1 nitrogen and oxygen atoms in total. The third-order valence-corrected chi connectivity index (χ3v) is 3.49. The lowest BCUT2D eigenvalue weighted by atomic mass is 9.84. The Morgan fingerprint density at radius 1 is 1.12 bits per heavy atom. The fraction of sp³-hybridized carbons (Fsp3) is 0.500. The molecule has 0 aromatic heterocycles. The number of benzene rings is 1. The van der Waals surface area contributed by atoms with Crippen molar-refractivity contribution in [3.8, 4) is 11.8 Å². The van der Waals surface area contributed by atoms with Crippen molar-refractivity contribution in [2.75, 3.05) is 13.6 Å². The molecule has 0 saturated heterocycles. The van der Waals surface area contributed by atoms with Gasteiger partial charge in [-0.2, -0.15) is 0 Å². The number of hydrogen-bond donors (Lipinski definition) is 1. The van der Waals surface area contributed by atoms with E-state index < -0.39 is 0 Å². The highest BCUT2D eigenvalue weighted by Gasteiger charge is 2.14. The van der Waals surface area contributed by atoms with Crippen LogP contribution in [0.4, 0.5) is 0 Å². The van der Waals surface area contributed by atoms with Gasteiger partial charge in [0, 0.05) is 5.56 Å². The summed E-state index contributed by atoms with van der Waals surface area (Å²) < 4.78 is 0. The smallest absolute Gasteiger partial charge is 0.0577 e. The van der Waals surface area contributed by atoms with E-state index >= 15 is 0 Å². The van der Waals surface area contributed by atoms with Crippen molar-refractivity contribution in [3.63, 3.8) is 0 Å². The molecule has 0 bridgehead atoms. The van der Waals surface area contributed by atoms with Crippen molar-refractivity contribution in [1.82, 2.24) is 5.32 Å². The Balaban J connectivity index is 2.00. The first-order valence-electron chi connectivity index (χ1n) is 6.63. The highest BCUT2D eigenvalue weighted by Crippen LogP contribution is 2.32. The van der Waals surface area contributed by atoms with Crippen LogP contribution in [-0.2, 0) is 0 Å². The molecule has 1 aromatic rings. The van der Waals surface area contributed by atoms with Gasteiger partial charge in [0.15, 0.2) is 0 Å². The second-order valence-corrected chi connectivity index (χ2v) is 4.79. The summed E-state index contributed by atoms with van der Waals surface area (Å²) in [6.07, 6.45) is 6.95. The first-order valence-corrected chi connectivity index (χ1v) is 6.63. The van der Waals surface area contributed by atoms with Crippen LogP contribution < -0.4 is 5.32 Å². The summed E-state index contributed by atoms with van der Waals surface area (Å²) >= 11 is 0. The summed E-state index contributed by atoms with van der Waals surface area (Å²) in [6, 6.07) is 8.85. The normalized spacial score (nSPS) is 16.3. The second kappa shape index (κ2) is 6.47. The largest absolute Gasteiger partial charge is 0.309 e. The maximum absolute atomic E-state index is 3.16. The molecule has 1 aliphatic rings. The molecule has 1 heteroatoms. The molecule has 1 fully saturated rings. The highest BCUT2D eigenvalue weighted by atomic mass is 14.8. The molecule has 0 heterocycles. The summed E-state index contributed by atoms with van der Waals surface area (Å²) in [5.74, 6) is 7.05. The predicted molar refractivity (Wildman–Crippen MR) is 73.1 cm³/mol. The molecule has 1 saturated carbocycles. The second-order valence-electron chi connectivity index (χ2n) is 4.79. The van der Waals surface area contributed by atoms with Crippen LogP contribution in [0, 0.1) is 11.8 Å². The Labute approximate surface area is 105 Å². The van der Waals surface area contributed by atoms with Crippen LogP contribution in [0.5, 0.6) is 0 Å². The van der Waals surface area contributed by atoms with Crippen molar-refractivity contribution >= 4 is 0 Å². The van der Waals surface area contributed by atoms with E-state index in [1.54, 1.807) is 0 Å². The van der Waals surface area contributed by atoms with Gasteiger partial charge in [-0.15, -0.1) is 0 Å². The molecule has 2 rings (SSSR count). The summed E-state index contributed by atoms with van der Waals surface area (Å²) in [5, 5.41) is 3.03. The number of nitrogens with one attached hydrogen (secondary N) is 1. The Bertz CT molecular complexity index is 388. The molecule has 0 aliphatic heterocycles. The summed E-state index contributed by atoms with van der Waals surface area (Å²) in [6.45, 7) is 0.754. The minimum Gasteiger partial charge on any atom is -0.309 e. The lowest BCUT2D eigenvalue weighted by Gasteiger charge is -2.21. The zero-order valence-electron chi connectivity index (χ0n) is 10.6. The van der Waals surface area contributed by atoms with Gasteiger partial charge in [-0.05, 0) is 43.5 Å². The molecule has 0 unspecified atom stereocenters. The predicted octanol–water partition coefficient (Wildman–Crippen LogP) is 3.31. The lowest BCUT2D eigenvalue weighted by molar-refractivity contribution is 0.443. The number of hydrogen-bond acceptors (Lipinski definition) is 1. The van der Waals surface area contributed by atoms with E-state index in [0.29, 0.717) is 0 Å². The molecule has 0 radical (unpaired) electrons. The van der Waals surface area contributed by atoms with Gasteiger partial charge in [0.05, 0.1) is 6.54 Å². The van der Waals surface area contributed by atoms with Crippen LogP contribution in [0.3, 0.4) is 0 Å². The first-order chi connectivity index (χ1) is 8.40.